The van der Waals surface area contributed by atoms with E-state index in [9.17, 15) is 4.79 Å². The molecule has 0 aromatic heterocycles. The molecule has 3 heterocycles. The van der Waals surface area contributed by atoms with Crippen molar-refractivity contribution in [2.45, 2.75) is 30.7 Å². The van der Waals surface area contributed by atoms with E-state index in [4.69, 9.17) is 9.47 Å². The zero-order valence-electron chi connectivity index (χ0n) is 11.1. The van der Waals surface area contributed by atoms with E-state index in [1.54, 1.807) is 6.08 Å². The Labute approximate surface area is 117 Å². The lowest BCUT2D eigenvalue weighted by Gasteiger charge is -2.42. The van der Waals surface area contributed by atoms with Gasteiger partial charge in [-0.1, -0.05) is 24.3 Å². The summed E-state index contributed by atoms with van der Waals surface area (Å²) in [7, 11) is 0. The number of ether oxygens (including phenoxy) is 2. The molecule has 1 aromatic rings. The van der Waals surface area contributed by atoms with Gasteiger partial charge in [0.2, 0.25) is 0 Å². The Balaban J connectivity index is 1.70. The van der Waals surface area contributed by atoms with Crippen LogP contribution in [0.2, 0.25) is 0 Å². The van der Waals surface area contributed by atoms with Crippen LogP contribution in [0.15, 0.2) is 36.4 Å². The van der Waals surface area contributed by atoms with Crippen LogP contribution in [0, 0.1) is 11.8 Å². The minimum absolute atomic E-state index is 0.0215. The molecule has 3 nitrogen and oxygen atoms in total. The van der Waals surface area contributed by atoms with Gasteiger partial charge in [-0.15, -0.1) is 0 Å². The third-order valence-electron chi connectivity index (χ3n) is 5.45. The summed E-state index contributed by atoms with van der Waals surface area (Å²) < 4.78 is 12.3. The number of carbonyl (C=O) groups is 1. The molecule has 2 fully saturated rings. The normalized spacial score (nSPS) is 44.1. The van der Waals surface area contributed by atoms with Gasteiger partial charge in [0.05, 0.1) is 23.7 Å². The van der Waals surface area contributed by atoms with Crippen molar-refractivity contribution < 1.29 is 14.3 Å². The van der Waals surface area contributed by atoms with Crippen LogP contribution in [0.1, 0.15) is 36.2 Å². The first-order valence-electron chi connectivity index (χ1n) is 7.41. The molecule has 2 bridgehead atoms. The van der Waals surface area contributed by atoms with E-state index in [0.717, 1.165) is 19.4 Å². The van der Waals surface area contributed by atoms with Crippen molar-refractivity contribution >= 4 is 5.78 Å². The van der Waals surface area contributed by atoms with E-state index in [1.807, 2.05) is 12.1 Å². The van der Waals surface area contributed by atoms with Crippen molar-refractivity contribution in [2.24, 2.45) is 11.8 Å². The fourth-order valence-corrected chi connectivity index (χ4v) is 4.68. The second-order valence-electron chi connectivity index (χ2n) is 6.30. The van der Waals surface area contributed by atoms with Crippen molar-refractivity contribution in [3.05, 3.63) is 47.5 Å². The van der Waals surface area contributed by atoms with E-state index in [0.29, 0.717) is 0 Å². The molecule has 2 saturated heterocycles. The summed E-state index contributed by atoms with van der Waals surface area (Å²) in [6.45, 7) is 0.792. The number of ketones is 1. The maximum Gasteiger partial charge on any atom is 0.162 e. The number of carbonyl (C=O) groups excluding carboxylic acids is 1. The fourth-order valence-electron chi connectivity index (χ4n) is 4.68. The van der Waals surface area contributed by atoms with E-state index < -0.39 is 0 Å². The van der Waals surface area contributed by atoms with Crippen LogP contribution in [-0.2, 0) is 14.3 Å². The van der Waals surface area contributed by atoms with E-state index in [-0.39, 0.29) is 35.4 Å². The van der Waals surface area contributed by atoms with Crippen LogP contribution < -0.4 is 0 Å². The minimum Gasteiger partial charge on any atom is -0.370 e. The maximum atomic E-state index is 12.4. The lowest BCUT2D eigenvalue weighted by atomic mass is 9.63. The van der Waals surface area contributed by atoms with Gasteiger partial charge in [0.25, 0.3) is 0 Å². The molecule has 0 radical (unpaired) electrons. The number of allylic oxidation sites excluding steroid dienone is 1. The Morgan fingerprint density at radius 1 is 1.15 bits per heavy atom. The van der Waals surface area contributed by atoms with Gasteiger partial charge in [0.1, 0.15) is 0 Å². The highest BCUT2D eigenvalue weighted by atomic mass is 16.5. The molecule has 3 aliphatic heterocycles. The number of hydrogen-bond donors (Lipinski definition) is 0. The quantitative estimate of drug-likeness (QED) is 0.725. The van der Waals surface area contributed by atoms with Crippen molar-refractivity contribution in [3.8, 4) is 0 Å². The summed E-state index contributed by atoms with van der Waals surface area (Å²) in [5, 5.41) is 0. The Kier molecular flexibility index (Phi) is 2.02. The van der Waals surface area contributed by atoms with Gasteiger partial charge in [-0.05, 0) is 36.1 Å². The standard InChI is InChI=1S/C17H16O3/c18-12-6-8-17(7-3-9-19-17)14-13(12)15-10-4-1-2-5-11(10)16(14)20-15/h1-2,4-6,8,13-16H,3,7,9H2/t13-,14-,15+,16+,17-/m1/s1. The molecule has 5 rings (SSSR count). The third-order valence-corrected chi connectivity index (χ3v) is 5.45. The van der Waals surface area contributed by atoms with Gasteiger partial charge in [-0.3, -0.25) is 4.79 Å². The van der Waals surface area contributed by atoms with Crippen LogP contribution in [0.25, 0.3) is 0 Å². The van der Waals surface area contributed by atoms with Crippen molar-refractivity contribution in [3.63, 3.8) is 0 Å². The molecule has 1 spiro atoms. The molecule has 0 saturated carbocycles. The molecular formula is C17H16O3. The number of hydrogen-bond acceptors (Lipinski definition) is 3. The topological polar surface area (TPSA) is 35.5 Å². The van der Waals surface area contributed by atoms with Crippen LogP contribution >= 0.6 is 0 Å². The molecule has 102 valence electrons. The van der Waals surface area contributed by atoms with Crippen LogP contribution in [0.5, 0.6) is 0 Å². The van der Waals surface area contributed by atoms with E-state index >= 15 is 0 Å². The van der Waals surface area contributed by atoms with Crippen molar-refractivity contribution in [1.29, 1.82) is 0 Å². The summed E-state index contributed by atoms with van der Waals surface area (Å²) in [6.07, 6.45) is 5.77. The summed E-state index contributed by atoms with van der Waals surface area (Å²) in [5.41, 5.74) is 2.19. The molecule has 0 unspecified atom stereocenters. The molecule has 5 atom stereocenters. The Hall–Kier alpha value is -1.45. The first-order valence-corrected chi connectivity index (χ1v) is 7.41. The fraction of sp³-hybridized carbons (Fsp3) is 0.471. The minimum atomic E-state index is -0.272. The summed E-state index contributed by atoms with van der Waals surface area (Å²) in [4.78, 5) is 12.4. The molecule has 1 aliphatic carbocycles. The summed E-state index contributed by atoms with van der Waals surface area (Å²) in [5.74, 6) is 0.304. The highest BCUT2D eigenvalue weighted by Gasteiger charge is 2.63. The molecule has 1 aromatic carbocycles. The SMILES string of the molecule is O=C1C=C[C@]2(CCCO2)[C@@H]2[C@@H]1[C@H]1O[C@H]2c2ccccc21. The lowest BCUT2D eigenvalue weighted by molar-refractivity contribution is -0.126. The Bertz CT molecular complexity index is 627. The average molecular weight is 268 g/mol. The van der Waals surface area contributed by atoms with E-state index in [1.165, 1.54) is 11.1 Å². The van der Waals surface area contributed by atoms with Gasteiger partial charge in [-0.25, -0.2) is 0 Å². The predicted molar refractivity (Wildman–Crippen MR) is 72.1 cm³/mol. The number of fused-ring (bicyclic) bond motifs is 9. The highest BCUT2D eigenvalue weighted by Crippen LogP contribution is 2.63. The van der Waals surface area contributed by atoms with Gasteiger partial charge in [0, 0.05) is 12.5 Å². The summed E-state index contributed by atoms with van der Waals surface area (Å²) >= 11 is 0. The lowest BCUT2D eigenvalue weighted by Crippen LogP contribution is -2.47. The maximum absolute atomic E-state index is 12.4. The van der Waals surface area contributed by atoms with Crippen molar-refractivity contribution in [2.75, 3.05) is 6.61 Å². The van der Waals surface area contributed by atoms with Crippen LogP contribution in [0.3, 0.4) is 0 Å². The van der Waals surface area contributed by atoms with Gasteiger partial charge < -0.3 is 9.47 Å². The largest absolute Gasteiger partial charge is 0.370 e. The predicted octanol–water partition coefficient (Wildman–Crippen LogP) is 2.73. The molecule has 3 heteroatoms. The van der Waals surface area contributed by atoms with Crippen molar-refractivity contribution in [1.82, 2.24) is 0 Å². The average Bonchev–Trinajstić information content (AvgIpc) is 3.18. The second kappa shape index (κ2) is 3.60. The molecule has 0 amide bonds. The first-order chi connectivity index (χ1) is 9.80. The van der Waals surface area contributed by atoms with Gasteiger partial charge in [-0.2, -0.15) is 0 Å². The smallest absolute Gasteiger partial charge is 0.162 e. The number of benzene rings is 1. The zero-order valence-corrected chi connectivity index (χ0v) is 11.1. The van der Waals surface area contributed by atoms with Gasteiger partial charge in [0.15, 0.2) is 5.78 Å². The first kappa shape index (κ1) is 11.2. The van der Waals surface area contributed by atoms with E-state index in [2.05, 4.69) is 18.2 Å². The molecule has 20 heavy (non-hydrogen) atoms. The van der Waals surface area contributed by atoms with Crippen LogP contribution in [0.4, 0.5) is 0 Å². The summed E-state index contributed by atoms with van der Waals surface area (Å²) in [6, 6.07) is 8.33. The number of rotatable bonds is 0. The molecule has 0 N–H and O–H groups in total. The molecular weight excluding hydrogens is 252 g/mol. The Morgan fingerprint density at radius 2 is 1.95 bits per heavy atom. The molecule has 4 aliphatic rings. The second-order valence-corrected chi connectivity index (χ2v) is 6.30. The highest BCUT2D eigenvalue weighted by molar-refractivity contribution is 5.94. The monoisotopic (exact) mass is 268 g/mol. The van der Waals surface area contributed by atoms with Gasteiger partial charge >= 0.3 is 0 Å². The third kappa shape index (κ3) is 1.17. The zero-order chi connectivity index (χ0) is 13.3. The Morgan fingerprint density at radius 3 is 2.70 bits per heavy atom. The van der Waals surface area contributed by atoms with Crippen LogP contribution in [-0.4, -0.2) is 18.0 Å².